The topological polar surface area (TPSA) is 252 Å². The number of hydrogen-bond acceptors (Lipinski definition) is 9. The number of rotatable bonds is 15. The van der Waals surface area contributed by atoms with Crippen molar-refractivity contribution in [2.75, 3.05) is 18.1 Å². The molecule has 0 aromatic rings. The third-order valence-electron chi connectivity index (χ3n) is 3.93. The Morgan fingerprint density at radius 3 is 1.72 bits per heavy atom. The molecule has 0 fully saturated rings. The first kappa shape index (κ1) is 29.3. The van der Waals surface area contributed by atoms with E-state index in [1.807, 2.05) is 5.32 Å². The normalized spacial score (nSPS) is 14.2. The molecule has 0 aliphatic carbocycles. The molecule has 0 spiro atoms. The van der Waals surface area contributed by atoms with Gasteiger partial charge in [0.2, 0.25) is 17.7 Å². The van der Waals surface area contributed by atoms with E-state index in [-0.39, 0.29) is 30.4 Å². The fraction of sp³-hybridized carbons (Fsp3) is 0.625. The van der Waals surface area contributed by atoms with Gasteiger partial charge in [0.1, 0.15) is 18.1 Å². The van der Waals surface area contributed by atoms with Gasteiger partial charge in [-0.1, -0.05) is 0 Å². The standard InChI is InChI=1S/C16H29N7O7S2/c17-7(2-1-3-20-16(18)19)12(26)22-9(5-31)14(28)23-10(6-32)13(27)21-8(15(29)30)4-11(24)25/h7-10,31-32H,1-6,17H2,(H,21,27)(H,22,26)(H,23,28)(H,24,25)(H,29,30)(H4,18,19,20). The number of carbonyl (C=O) groups is 5. The van der Waals surface area contributed by atoms with E-state index >= 15 is 0 Å². The molecule has 11 N–H and O–H groups in total. The molecule has 0 heterocycles. The first-order chi connectivity index (χ1) is 14.9. The van der Waals surface area contributed by atoms with Crippen LogP contribution in [0.4, 0.5) is 0 Å². The molecule has 0 rings (SSSR count). The molecular formula is C16H29N7O7S2. The highest BCUT2D eigenvalue weighted by molar-refractivity contribution is 7.80. The second-order valence-corrected chi connectivity index (χ2v) is 7.27. The third-order valence-corrected chi connectivity index (χ3v) is 4.66. The van der Waals surface area contributed by atoms with Crippen molar-refractivity contribution >= 4 is 60.9 Å². The minimum absolute atomic E-state index is 0.0877. The smallest absolute Gasteiger partial charge is 0.326 e. The highest BCUT2D eigenvalue weighted by Crippen LogP contribution is 2.00. The number of nitrogens with two attached hydrogens (primary N) is 3. The summed E-state index contributed by atoms with van der Waals surface area (Å²) >= 11 is 7.95. The second-order valence-electron chi connectivity index (χ2n) is 6.54. The molecule has 0 aromatic carbocycles. The van der Waals surface area contributed by atoms with Crippen LogP contribution in [0.3, 0.4) is 0 Å². The van der Waals surface area contributed by atoms with Gasteiger partial charge in [-0.3, -0.25) is 24.2 Å². The van der Waals surface area contributed by atoms with E-state index in [0.717, 1.165) is 0 Å². The van der Waals surface area contributed by atoms with Gasteiger partial charge in [0, 0.05) is 18.1 Å². The number of carbonyl (C=O) groups excluding carboxylic acids is 3. The fourth-order valence-electron chi connectivity index (χ4n) is 2.24. The Hall–Kier alpha value is -2.72. The SMILES string of the molecule is NC(N)=NCCCC(N)C(=O)NC(CS)C(=O)NC(CS)C(=O)NC(CC(=O)O)C(=O)O. The lowest BCUT2D eigenvalue weighted by molar-refractivity contribution is -0.147. The zero-order chi connectivity index (χ0) is 24.8. The van der Waals surface area contributed by atoms with E-state index in [2.05, 4.69) is 40.9 Å². The van der Waals surface area contributed by atoms with Gasteiger partial charge in [0.15, 0.2) is 5.96 Å². The lowest BCUT2D eigenvalue weighted by Gasteiger charge is -2.23. The molecule has 0 aliphatic heterocycles. The Kier molecular flexibility index (Phi) is 13.9. The van der Waals surface area contributed by atoms with Crippen molar-refractivity contribution in [2.24, 2.45) is 22.2 Å². The minimum Gasteiger partial charge on any atom is -0.481 e. The molecule has 0 bridgehead atoms. The molecule has 16 heteroatoms. The first-order valence-electron chi connectivity index (χ1n) is 9.31. The molecule has 3 amide bonds. The van der Waals surface area contributed by atoms with Crippen molar-refractivity contribution in [3.8, 4) is 0 Å². The van der Waals surface area contributed by atoms with Crippen LogP contribution in [-0.2, 0) is 24.0 Å². The highest BCUT2D eigenvalue weighted by atomic mass is 32.1. The summed E-state index contributed by atoms with van der Waals surface area (Å²) in [5, 5.41) is 24.5. The molecule has 0 aliphatic rings. The number of carboxylic acids is 2. The third kappa shape index (κ3) is 11.6. The van der Waals surface area contributed by atoms with E-state index in [0.29, 0.717) is 6.42 Å². The Morgan fingerprint density at radius 1 is 0.844 bits per heavy atom. The van der Waals surface area contributed by atoms with Crippen LogP contribution in [-0.4, -0.2) is 88.1 Å². The fourth-order valence-corrected chi connectivity index (χ4v) is 2.75. The highest BCUT2D eigenvalue weighted by Gasteiger charge is 2.30. The maximum absolute atomic E-state index is 12.5. The summed E-state index contributed by atoms with van der Waals surface area (Å²) in [6, 6.07) is -5.10. The Morgan fingerprint density at radius 2 is 1.31 bits per heavy atom. The van der Waals surface area contributed by atoms with Crippen LogP contribution in [0, 0.1) is 0 Å². The summed E-state index contributed by atoms with van der Waals surface area (Å²) in [4.78, 5) is 62.5. The summed E-state index contributed by atoms with van der Waals surface area (Å²) in [7, 11) is 0. The van der Waals surface area contributed by atoms with E-state index in [1.54, 1.807) is 0 Å². The van der Waals surface area contributed by atoms with Gasteiger partial charge in [0.05, 0.1) is 12.5 Å². The monoisotopic (exact) mass is 495 g/mol. The van der Waals surface area contributed by atoms with E-state index in [9.17, 15) is 24.0 Å². The van der Waals surface area contributed by atoms with Crippen LogP contribution in [0.5, 0.6) is 0 Å². The van der Waals surface area contributed by atoms with Gasteiger partial charge >= 0.3 is 11.9 Å². The number of guanidine groups is 1. The number of carboxylic acid groups (broad SMARTS) is 2. The first-order valence-corrected chi connectivity index (χ1v) is 10.6. The number of hydrogen-bond donors (Lipinski definition) is 10. The van der Waals surface area contributed by atoms with Crippen molar-refractivity contribution in [1.29, 1.82) is 0 Å². The molecule has 14 nitrogen and oxygen atoms in total. The van der Waals surface area contributed by atoms with Crippen molar-refractivity contribution < 1.29 is 34.2 Å². The quantitative estimate of drug-likeness (QED) is 0.0459. The van der Waals surface area contributed by atoms with Gasteiger partial charge in [-0.25, -0.2) is 4.79 Å². The van der Waals surface area contributed by atoms with Crippen LogP contribution in [0.2, 0.25) is 0 Å². The van der Waals surface area contributed by atoms with Crippen LogP contribution >= 0.6 is 25.3 Å². The molecule has 0 saturated carbocycles. The summed E-state index contributed by atoms with van der Waals surface area (Å²) in [6.07, 6.45) is -0.191. The lowest BCUT2D eigenvalue weighted by atomic mass is 10.1. The lowest BCUT2D eigenvalue weighted by Crippen LogP contribution is -2.58. The number of thiol groups is 2. The van der Waals surface area contributed by atoms with Crippen molar-refractivity contribution in [3.05, 3.63) is 0 Å². The van der Waals surface area contributed by atoms with Crippen LogP contribution < -0.4 is 33.2 Å². The van der Waals surface area contributed by atoms with Crippen molar-refractivity contribution in [2.45, 2.75) is 43.4 Å². The summed E-state index contributed by atoms with van der Waals surface area (Å²) in [5.74, 6) is -5.82. The molecule has 182 valence electrons. The van der Waals surface area contributed by atoms with Gasteiger partial charge in [-0.15, -0.1) is 0 Å². The summed E-state index contributed by atoms with van der Waals surface area (Å²) in [6.45, 7) is 0.276. The Labute approximate surface area is 194 Å². The molecule has 0 aromatic heterocycles. The number of aliphatic carboxylic acids is 2. The number of nitrogens with one attached hydrogen (secondary N) is 3. The van der Waals surface area contributed by atoms with E-state index in [1.165, 1.54) is 0 Å². The van der Waals surface area contributed by atoms with Gasteiger partial charge < -0.3 is 43.4 Å². The maximum Gasteiger partial charge on any atom is 0.326 e. The van der Waals surface area contributed by atoms with Crippen molar-refractivity contribution in [3.63, 3.8) is 0 Å². The zero-order valence-electron chi connectivity index (χ0n) is 17.1. The summed E-state index contributed by atoms with van der Waals surface area (Å²) < 4.78 is 0. The molecule has 0 radical (unpaired) electrons. The van der Waals surface area contributed by atoms with Crippen LogP contribution in [0.1, 0.15) is 19.3 Å². The number of aliphatic imine (C=N–C) groups is 1. The van der Waals surface area contributed by atoms with E-state index in [4.69, 9.17) is 27.4 Å². The average Bonchev–Trinajstić information content (AvgIpc) is 2.71. The van der Waals surface area contributed by atoms with Crippen LogP contribution in [0.25, 0.3) is 0 Å². The van der Waals surface area contributed by atoms with E-state index < -0.39 is 60.2 Å². The van der Waals surface area contributed by atoms with Crippen molar-refractivity contribution in [1.82, 2.24) is 16.0 Å². The summed E-state index contributed by atoms with van der Waals surface area (Å²) in [5.41, 5.74) is 16.2. The molecular weight excluding hydrogens is 466 g/mol. The van der Waals surface area contributed by atoms with Gasteiger partial charge in [-0.2, -0.15) is 25.3 Å². The number of nitrogens with zero attached hydrogens (tertiary/aromatic N) is 1. The predicted molar refractivity (Wildman–Crippen MR) is 121 cm³/mol. The van der Waals surface area contributed by atoms with Crippen LogP contribution in [0.15, 0.2) is 4.99 Å². The largest absolute Gasteiger partial charge is 0.481 e. The Bertz CT molecular complexity index is 719. The molecule has 4 unspecified atom stereocenters. The maximum atomic E-state index is 12.5. The molecule has 0 saturated heterocycles. The minimum atomic E-state index is -1.70. The van der Waals surface area contributed by atoms with Gasteiger partial charge in [0.25, 0.3) is 0 Å². The predicted octanol–water partition coefficient (Wildman–Crippen LogP) is -3.76. The second kappa shape index (κ2) is 15.1. The Balaban J connectivity index is 4.90. The number of amides is 3. The average molecular weight is 496 g/mol. The zero-order valence-corrected chi connectivity index (χ0v) is 18.9. The van der Waals surface area contributed by atoms with Gasteiger partial charge in [-0.05, 0) is 12.8 Å². The molecule has 4 atom stereocenters. The molecule has 32 heavy (non-hydrogen) atoms.